The summed E-state index contributed by atoms with van der Waals surface area (Å²) in [5, 5.41) is 38.7. The summed E-state index contributed by atoms with van der Waals surface area (Å²) < 4.78 is 60.8. The topological polar surface area (TPSA) is 392 Å². The van der Waals surface area contributed by atoms with Crippen LogP contribution in [0.3, 0.4) is 0 Å². The maximum atomic E-state index is 12.1. The van der Waals surface area contributed by atoms with E-state index in [-0.39, 0.29) is 96.0 Å². The first kappa shape index (κ1) is 95.1. The van der Waals surface area contributed by atoms with Gasteiger partial charge in [-0.2, -0.15) is 8.42 Å². The molecular formula is C76H133N17O19S. The third-order valence-electron chi connectivity index (χ3n) is 20.0. The number of nitrogens with two attached hydrogens (primary N) is 2. The number of β-amino-alcohol motifs (C(OH)–C–C–N with tert-alkyl or cyclic N) is 2. The number of fused-ring (bicyclic) bond motifs is 4. The van der Waals surface area contributed by atoms with Crippen molar-refractivity contribution in [1.82, 2.24) is 74.8 Å². The number of aliphatic hydroxyl groups is 2. The number of ether oxygens (including phenoxy) is 6. The first-order valence-corrected chi connectivity index (χ1v) is 39.8. The average molecular weight is 1620 g/mol. The number of rotatable bonds is 9. The Morgan fingerprint density at radius 3 is 1.43 bits per heavy atom. The van der Waals surface area contributed by atoms with Crippen LogP contribution in [-0.2, 0) is 52.3 Å². The van der Waals surface area contributed by atoms with Crippen molar-refractivity contribution < 1.29 is 89.9 Å². The third kappa shape index (κ3) is 28.0. The lowest BCUT2D eigenvalue weighted by molar-refractivity contribution is -0.140. The molecule has 8 N–H and O–H groups in total. The number of carbonyl (C=O) groups is 7. The van der Waals surface area contributed by atoms with Crippen molar-refractivity contribution in [2.75, 3.05) is 149 Å². The van der Waals surface area contributed by atoms with Crippen LogP contribution in [0.5, 0.6) is 0 Å². The molecule has 11 heterocycles. The summed E-state index contributed by atoms with van der Waals surface area (Å²) in [6, 6.07) is 6.75. The molecule has 11 aliphatic heterocycles. The predicted molar refractivity (Wildman–Crippen MR) is 423 cm³/mol. The summed E-state index contributed by atoms with van der Waals surface area (Å²) in [7, 11) is 13.5. The van der Waals surface area contributed by atoms with Gasteiger partial charge in [0.25, 0.3) is 10.1 Å². The van der Waals surface area contributed by atoms with Crippen LogP contribution in [0.4, 0.5) is 24.0 Å². The number of aliphatic hydroxyl groups excluding tert-OH is 2. The van der Waals surface area contributed by atoms with Crippen LogP contribution in [-0.4, -0.2) is 397 Å². The van der Waals surface area contributed by atoms with E-state index in [0.717, 1.165) is 41.8 Å². The number of aliphatic carboxylic acids is 1. The highest BCUT2D eigenvalue weighted by atomic mass is 32.2. The maximum Gasteiger partial charge on any atom is 0.425 e. The van der Waals surface area contributed by atoms with E-state index in [4.69, 9.17) is 49.4 Å². The molecule has 5 amide bonds. The number of carboxylic acids is 1. The minimum atomic E-state index is -3.65. The molecule has 37 heteroatoms. The summed E-state index contributed by atoms with van der Waals surface area (Å²) in [5.74, 6) is 10.8. The van der Waals surface area contributed by atoms with Crippen LogP contribution >= 0.6 is 0 Å². The normalized spacial score (nSPS) is 28.5. The summed E-state index contributed by atoms with van der Waals surface area (Å²) >= 11 is 0. The fourth-order valence-corrected chi connectivity index (χ4v) is 14.9. The Labute approximate surface area is 669 Å². The number of epoxide rings is 1. The molecule has 8 saturated heterocycles. The molecule has 113 heavy (non-hydrogen) atoms. The number of Topliss-reactive ketones (excluding diaryl/α,β-unsaturated/α-hetero) is 1. The molecule has 0 saturated carbocycles. The largest absolute Gasteiger partial charge is 0.480 e. The zero-order chi connectivity index (χ0) is 85.3. The molecule has 0 aromatic heterocycles. The van der Waals surface area contributed by atoms with Gasteiger partial charge in [-0.15, -0.1) is 0 Å². The molecule has 14 atom stereocenters. The quantitative estimate of drug-likeness (QED) is 0.0394. The summed E-state index contributed by atoms with van der Waals surface area (Å²) in [6.07, 6.45) is 9.25. The Bertz CT molecular complexity index is 3570. The SMILES string of the molecule is CN1CC(=O)C2C1CN(C(=O)OC(C)(C)C)N2C.CN1CC(O)C2C1CN(C(=O)OC(C)(C)C)N2C.CN1CC(O)C2NN(C(=O)OC(C)(C)C)CC21.CN1CC2OC2C1CN(N)C(=O)OC(C)(C)C.CN1CC=CC1C(=O)O.CN1CC=CC1CN(N)C(=O)OC(C)(C)C.Cc1ccc(S(=O)(=O)OCC2C=CCN2C)cc1. The number of hydrogen-bond acceptors (Lipinski definition) is 30. The maximum absolute atomic E-state index is 12.1. The Hall–Kier alpha value is -6.76. The highest BCUT2D eigenvalue weighted by Crippen LogP contribution is 2.36. The number of likely N-dealkylation sites (tertiary alicyclic amines) is 4. The van der Waals surface area contributed by atoms with Crippen molar-refractivity contribution in [3.63, 3.8) is 0 Å². The van der Waals surface area contributed by atoms with Crippen molar-refractivity contribution in [2.45, 2.75) is 229 Å². The first-order chi connectivity index (χ1) is 52.0. The molecule has 1 aromatic rings. The van der Waals surface area contributed by atoms with Gasteiger partial charge in [-0.3, -0.25) is 48.1 Å². The minimum absolute atomic E-state index is 0.0254. The summed E-state index contributed by atoms with van der Waals surface area (Å²) in [5.41, 5.74) is 1.50. The molecule has 8 fully saturated rings. The highest BCUT2D eigenvalue weighted by molar-refractivity contribution is 7.86. The molecule has 0 radical (unpaired) electrons. The molecule has 0 spiro atoms. The van der Waals surface area contributed by atoms with Crippen molar-refractivity contribution in [2.24, 2.45) is 11.7 Å². The summed E-state index contributed by atoms with van der Waals surface area (Å²) in [6.45, 7) is 37.2. The molecule has 11 aliphatic rings. The van der Waals surface area contributed by atoms with Crippen molar-refractivity contribution in [3.8, 4) is 0 Å². The number of morpholine rings is 1. The predicted octanol–water partition coefficient (Wildman–Crippen LogP) is 2.91. The molecule has 0 aliphatic carbocycles. The number of carbonyl (C=O) groups excluding carboxylic acids is 6. The number of hydrogen-bond donors (Lipinski definition) is 6. The Morgan fingerprint density at radius 1 is 0.540 bits per heavy atom. The smallest absolute Gasteiger partial charge is 0.425 e. The van der Waals surface area contributed by atoms with Gasteiger partial charge in [0, 0.05) is 71.5 Å². The van der Waals surface area contributed by atoms with Crippen molar-refractivity contribution in [1.29, 1.82) is 0 Å². The number of hydrazine groups is 5. The van der Waals surface area contributed by atoms with Gasteiger partial charge < -0.3 is 43.7 Å². The standard InChI is InChI=1S/C13H17NO3S.C12H23N3O3.C12H21N3O3.2C11H21N3O3.C11H21N3O2.C6H9NO2/c1-11-5-7-13(8-6-11)18(15,16)17-10-12-4-3-9-14(12)2;2*1-12(2,3)18-11(17)15-6-8-10(14(15)5)9(16)7-13(8)4;1-11(2,3)17-10(15)14(12)5-7-9-8(16-9)6-13(7)4;1-11(2,3)17-10(16)14-5-7-9(12-14)8(15)6-13(7)4;1-11(2,3)16-10(15)14(12)8-9-6-5-7-13(9)4;1-7-4-2-3-5(7)6(8)9/h3-8,12H,9-10H2,1-2H3;8-10,16H,6-7H2,1-5H3;8,10H,6-7H2,1-5H3;7-9H,5-6,12H2,1-4H3;7-9,12,15H,5-6H2,1-4H3;5-6,9H,7-8,12H2,1-4H3;2-3,5H,4H2,1H3,(H,8,9). The molecule has 36 nitrogen and oxygen atoms in total. The number of benzene rings is 1. The number of likely N-dealkylation sites (N-methyl/N-ethyl adjacent to an activating group) is 9. The highest BCUT2D eigenvalue weighted by Gasteiger charge is 2.55. The van der Waals surface area contributed by atoms with E-state index in [1.807, 2.05) is 199 Å². The molecule has 12 rings (SSSR count). The number of ketones is 1. The molecule has 0 bridgehead atoms. The minimum Gasteiger partial charge on any atom is -0.480 e. The lowest BCUT2D eigenvalue weighted by atomic mass is 10.1. The fraction of sp³-hybridized carbons (Fsp3) is 0.750. The molecule has 642 valence electrons. The number of carboxylic acid groups (broad SMARTS) is 1. The van der Waals surface area contributed by atoms with Gasteiger partial charge in [0.05, 0.1) is 99.3 Å². The average Bonchev–Trinajstić information content (AvgIpc) is 1.66. The monoisotopic (exact) mass is 1620 g/mol. The van der Waals surface area contributed by atoms with Crippen LogP contribution < -0.4 is 17.1 Å². The first-order valence-electron chi connectivity index (χ1n) is 38.3. The number of aryl methyl sites for hydroxylation is 1. The lowest BCUT2D eigenvalue weighted by Gasteiger charge is -2.31. The fourth-order valence-electron chi connectivity index (χ4n) is 14.0. The van der Waals surface area contributed by atoms with Crippen LogP contribution in [0.1, 0.15) is 109 Å². The number of amides is 5. The summed E-state index contributed by atoms with van der Waals surface area (Å²) in [4.78, 5) is 95.9. The molecule has 14 unspecified atom stereocenters. The third-order valence-corrected chi connectivity index (χ3v) is 21.3. The van der Waals surface area contributed by atoms with E-state index in [2.05, 4.69) is 31.1 Å². The van der Waals surface area contributed by atoms with Crippen molar-refractivity contribution in [3.05, 3.63) is 66.3 Å². The van der Waals surface area contributed by atoms with Crippen LogP contribution in [0.2, 0.25) is 0 Å². The molecule has 1 aromatic carbocycles. The van der Waals surface area contributed by atoms with Gasteiger partial charge in [-0.05, 0) is 172 Å². The van der Waals surface area contributed by atoms with Crippen LogP contribution in [0.15, 0.2) is 65.6 Å². The zero-order valence-corrected chi connectivity index (χ0v) is 72.1. The second-order valence-corrected chi connectivity index (χ2v) is 37.2. The number of nitrogens with zero attached hydrogens (tertiary/aromatic N) is 14. The van der Waals surface area contributed by atoms with Gasteiger partial charge in [0.1, 0.15) is 46.2 Å². The van der Waals surface area contributed by atoms with Gasteiger partial charge in [-0.25, -0.2) is 76.1 Å². The van der Waals surface area contributed by atoms with Crippen LogP contribution in [0, 0.1) is 6.92 Å². The second-order valence-electron chi connectivity index (χ2n) is 35.5. The van der Waals surface area contributed by atoms with E-state index in [1.54, 1.807) is 59.4 Å². The Kier molecular flexibility index (Phi) is 32.8. The zero-order valence-electron chi connectivity index (χ0n) is 71.2. The van der Waals surface area contributed by atoms with E-state index >= 15 is 0 Å². The van der Waals surface area contributed by atoms with Gasteiger partial charge >= 0.3 is 36.4 Å². The molecular weight excluding hydrogens is 1490 g/mol. The van der Waals surface area contributed by atoms with E-state index in [0.29, 0.717) is 58.5 Å². The Balaban J connectivity index is 0.000000207. The van der Waals surface area contributed by atoms with E-state index < -0.39 is 74.5 Å². The van der Waals surface area contributed by atoms with Crippen LogP contribution in [0.25, 0.3) is 0 Å². The van der Waals surface area contributed by atoms with Crippen molar-refractivity contribution >= 4 is 52.3 Å². The van der Waals surface area contributed by atoms with E-state index in [1.165, 1.54) is 10.0 Å². The number of nitrogens with one attached hydrogen (secondary N) is 1. The van der Waals surface area contributed by atoms with Gasteiger partial charge in [0.15, 0.2) is 5.78 Å². The van der Waals surface area contributed by atoms with Gasteiger partial charge in [0.2, 0.25) is 0 Å². The van der Waals surface area contributed by atoms with E-state index in [9.17, 15) is 52.2 Å². The Morgan fingerprint density at radius 2 is 1.00 bits per heavy atom. The second kappa shape index (κ2) is 39.0. The van der Waals surface area contributed by atoms with Gasteiger partial charge in [-0.1, -0.05) is 54.2 Å². The lowest BCUT2D eigenvalue weighted by Crippen LogP contribution is -2.49.